The fourth-order valence-corrected chi connectivity index (χ4v) is 4.43. The number of carbonyl (C=O) groups excluding carboxylic acids is 1. The Balaban J connectivity index is 1.87. The zero-order chi connectivity index (χ0) is 21.7. The molecule has 0 unspecified atom stereocenters. The number of para-hydroxylation sites is 1. The highest BCUT2D eigenvalue weighted by molar-refractivity contribution is 7.92. The molecule has 3 rings (SSSR count). The molecule has 7 heteroatoms. The fraction of sp³-hybridized carbons (Fsp3) is 0.174. The van der Waals surface area contributed by atoms with Crippen molar-refractivity contribution in [3.63, 3.8) is 0 Å². The van der Waals surface area contributed by atoms with Crippen molar-refractivity contribution in [1.29, 1.82) is 0 Å². The number of halogens is 1. The van der Waals surface area contributed by atoms with Gasteiger partial charge in [-0.25, -0.2) is 12.8 Å². The fourth-order valence-electron chi connectivity index (χ4n) is 3.00. The average molecular weight is 427 g/mol. The van der Waals surface area contributed by atoms with Gasteiger partial charge in [0.25, 0.3) is 10.0 Å². The number of nitrogens with zero attached hydrogens (tertiary/aromatic N) is 1. The first-order valence-corrected chi connectivity index (χ1v) is 10.9. The minimum absolute atomic E-state index is 0.0113. The van der Waals surface area contributed by atoms with Gasteiger partial charge in [-0.15, -0.1) is 0 Å². The molecule has 1 amide bonds. The summed E-state index contributed by atoms with van der Waals surface area (Å²) in [6.07, 6.45) is 0. The van der Waals surface area contributed by atoms with Gasteiger partial charge in [0, 0.05) is 6.54 Å². The van der Waals surface area contributed by atoms with Gasteiger partial charge in [0.2, 0.25) is 5.91 Å². The van der Waals surface area contributed by atoms with E-state index in [1.54, 1.807) is 12.1 Å². The predicted molar refractivity (Wildman–Crippen MR) is 115 cm³/mol. The van der Waals surface area contributed by atoms with Crippen LogP contribution in [0, 0.1) is 19.7 Å². The Bertz CT molecular complexity index is 1150. The molecule has 1 N–H and O–H groups in total. The van der Waals surface area contributed by atoms with E-state index in [4.69, 9.17) is 0 Å². The van der Waals surface area contributed by atoms with E-state index in [9.17, 15) is 17.6 Å². The number of hydrogen-bond acceptors (Lipinski definition) is 3. The molecule has 0 heterocycles. The van der Waals surface area contributed by atoms with Gasteiger partial charge in [-0.05, 0) is 43.7 Å². The highest BCUT2D eigenvalue weighted by atomic mass is 32.2. The quantitative estimate of drug-likeness (QED) is 0.622. The SMILES string of the molecule is Cc1ccc(S(=O)(=O)N(CC(=O)NCc2cccc(C)c2)c2ccccc2F)cc1. The number of aryl methyl sites for hydroxylation is 2. The summed E-state index contributed by atoms with van der Waals surface area (Å²) in [4.78, 5) is 12.6. The Morgan fingerprint density at radius 3 is 2.30 bits per heavy atom. The zero-order valence-electron chi connectivity index (χ0n) is 16.8. The van der Waals surface area contributed by atoms with Crippen LogP contribution in [0.1, 0.15) is 16.7 Å². The van der Waals surface area contributed by atoms with Crippen LogP contribution in [0.15, 0.2) is 77.7 Å². The van der Waals surface area contributed by atoms with E-state index in [0.29, 0.717) is 0 Å². The monoisotopic (exact) mass is 426 g/mol. The highest BCUT2D eigenvalue weighted by Crippen LogP contribution is 2.26. The Labute approximate surface area is 176 Å². The first kappa shape index (κ1) is 21.5. The maximum absolute atomic E-state index is 14.5. The van der Waals surface area contributed by atoms with Crippen LogP contribution >= 0.6 is 0 Å². The van der Waals surface area contributed by atoms with Gasteiger partial charge in [-0.3, -0.25) is 9.10 Å². The van der Waals surface area contributed by atoms with Crippen molar-refractivity contribution in [2.24, 2.45) is 0 Å². The standard InChI is InChI=1S/C23H23FN2O3S/c1-17-10-12-20(13-11-17)30(28,29)26(22-9-4-3-8-21(22)24)16-23(27)25-15-19-7-5-6-18(2)14-19/h3-14H,15-16H2,1-2H3,(H,25,27). The van der Waals surface area contributed by atoms with E-state index >= 15 is 0 Å². The van der Waals surface area contributed by atoms with Crippen LogP contribution in [0.4, 0.5) is 10.1 Å². The summed E-state index contributed by atoms with van der Waals surface area (Å²) in [7, 11) is -4.15. The van der Waals surface area contributed by atoms with E-state index in [1.165, 1.54) is 30.3 Å². The van der Waals surface area contributed by atoms with Crippen LogP contribution in [-0.4, -0.2) is 20.9 Å². The molecule has 3 aromatic carbocycles. The van der Waals surface area contributed by atoms with Gasteiger partial charge in [0.1, 0.15) is 12.4 Å². The van der Waals surface area contributed by atoms with Crippen molar-refractivity contribution < 1.29 is 17.6 Å². The van der Waals surface area contributed by atoms with Crippen molar-refractivity contribution in [2.45, 2.75) is 25.3 Å². The second kappa shape index (κ2) is 9.09. The summed E-state index contributed by atoms with van der Waals surface area (Å²) in [5.74, 6) is -1.25. The normalized spacial score (nSPS) is 11.2. The number of hydrogen-bond donors (Lipinski definition) is 1. The Morgan fingerprint density at radius 2 is 1.63 bits per heavy atom. The first-order valence-electron chi connectivity index (χ1n) is 9.43. The van der Waals surface area contributed by atoms with Crippen LogP contribution in [-0.2, 0) is 21.4 Å². The van der Waals surface area contributed by atoms with E-state index < -0.39 is 28.3 Å². The third kappa shape index (κ3) is 5.04. The topological polar surface area (TPSA) is 66.5 Å². The summed E-state index contributed by atoms with van der Waals surface area (Å²) < 4.78 is 41.7. The van der Waals surface area contributed by atoms with Gasteiger partial charge in [-0.2, -0.15) is 0 Å². The number of amides is 1. The molecule has 0 aliphatic heterocycles. The third-order valence-electron chi connectivity index (χ3n) is 4.59. The van der Waals surface area contributed by atoms with E-state index in [1.807, 2.05) is 38.1 Å². The molecule has 0 aliphatic rings. The molecule has 0 spiro atoms. The first-order chi connectivity index (χ1) is 14.3. The lowest BCUT2D eigenvalue weighted by Crippen LogP contribution is -2.41. The maximum Gasteiger partial charge on any atom is 0.264 e. The molecule has 0 bridgehead atoms. The molecule has 0 saturated heterocycles. The predicted octanol–water partition coefficient (Wildman–Crippen LogP) is 3.95. The maximum atomic E-state index is 14.5. The molecule has 0 aromatic heterocycles. The second-order valence-corrected chi connectivity index (χ2v) is 8.90. The lowest BCUT2D eigenvalue weighted by Gasteiger charge is -2.24. The summed E-state index contributed by atoms with van der Waals surface area (Å²) >= 11 is 0. The Kier molecular flexibility index (Phi) is 6.52. The lowest BCUT2D eigenvalue weighted by atomic mass is 10.1. The number of carbonyl (C=O) groups is 1. The van der Waals surface area contributed by atoms with E-state index in [2.05, 4.69) is 5.32 Å². The smallest absolute Gasteiger partial charge is 0.264 e. The second-order valence-electron chi connectivity index (χ2n) is 7.04. The molecule has 0 saturated carbocycles. The Morgan fingerprint density at radius 1 is 0.933 bits per heavy atom. The zero-order valence-corrected chi connectivity index (χ0v) is 17.6. The number of rotatable bonds is 7. The summed E-state index contributed by atoms with van der Waals surface area (Å²) in [5, 5.41) is 2.71. The number of benzene rings is 3. The van der Waals surface area contributed by atoms with Crippen LogP contribution in [0.2, 0.25) is 0 Å². The largest absolute Gasteiger partial charge is 0.350 e. The average Bonchev–Trinajstić information content (AvgIpc) is 2.71. The highest BCUT2D eigenvalue weighted by Gasteiger charge is 2.29. The number of sulfonamides is 1. The molecule has 3 aromatic rings. The summed E-state index contributed by atoms with van der Waals surface area (Å²) in [6, 6.07) is 19.3. The molecule has 0 radical (unpaired) electrons. The molecular formula is C23H23FN2O3S. The van der Waals surface area contributed by atoms with Crippen molar-refractivity contribution in [3.8, 4) is 0 Å². The molecule has 0 fully saturated rings. The van der Waals surface area contributed by atoms with Gasteiger partial charge in [0.05, 0.1) is 10.6 Å². The number of nitrogens with one attached hydrogen (secondary N) is 1. The van der Waals surface area contributed by atoms with Gasteiger partial charge < -0.3 is 5.32 Å². The Hall–Kier alpha value is -3.19. The molecule has 30 heavy (non-hydrogen) atoms. The molecule has 5 nitrogen and oxygen atoms in total. The van der Waals surface area contributed by atoms with E-state index in [-0.39, 0.29) is 17.1 Å². The summed E-state index contributed by atoms with van der Waals surface area (Å²) in [6.45, 7) is 3.49. The van der Waals surface area contributed by atoms with Gasteiger partial charge >= 0.3 is 0 Å². The number of anilines is 1. The molecular weight excluding hydrogens is 403 g/mol. The van der Waals surface area contributed by atoms with Crippen molar-refractivity contribution in [1.82, 2.24) is 5.32 Å². The van der Waals surface area contributed by atoms with Gasteiger partial charge in [-0.1, -0.05) is 59.7 Å². The van der Waals surface area contributed by atoms with Crippen molar-refractivity contribution >= 4 is 21.6 Å². The van der Waals surface area contributed by atoms with Crippen LogP contribution in [0.25, 0.3) is 0 Å². The summed E-state index contributed by atoms with van der Waals surface area (Å²) in [5.41, 5.74) is 2.66. The molecule has 0 aliphatic carbocycles. The molecule has 156 valence electrons. The van der Waals surface area contributed by atoms with Crippen molar-refractivity contribution in [3.05, 3.63) is 95.3 Å². The van der Waals surface area contributed by atoms with Crippen LogP contribution < -0.4 is 9.62 Å². The molecule has 0 atom stereocenters. The van der Waals surface area contributed by atoms with Crippen LogP contribution in [0.5, 0.6) is 0 Å². The third-order valence-corrected chi connectivity index (χ3v) is 6.36. The van der Waals surface area contributed by atoms with Gasteiger partial charge in [0.15, 0.2) is 0 Å². The van der Waals surface area contributed by atoms with Crippen LogP contribution in [0.3, 0.4) is 0 Å². The minimum atomic E-state index is -4.15. The van der Waals surface area contributed by atoms with Crippen molar-refractivity contribution in [2.75, 3.05) is 10.8 Å². The minimum Gasteiger partial charge on any atom is -0.350 e. The lowest BCUT2D eigenvalue weighted by molar-refractivity contribution is -0.119. The van der Waals surface area contributed by atoms with E-state index in [0.717, 1.165) is 27.1 Å².